The van der Waals surface area contributed by atoms with Crippen molar-refractivity contribution < 1.29 is 0 Å². The third-order valence-corrected chi connectivity index (χ3v) is 2.50. The van der Waals surface area contributed by atoms with Crippen LogP contribution < -0.4 is 16.2 Å². The number of benzene rings is 1. The second-order valence-corrected chi connectivity index (χ2v) is 3.52. The summed E-state index contributed by atoms with van der Waals surface area (Å²) < 4.78 is 0. The largest absolute Gasteiger partial charge is 0.310 e. The van der Waals surface area contributed by atoms with Crippen molar-refractivity contribution >= 4 is 5.69 Å². The van der Waals surface area contributed by atoms with Crippen molar-refractivity contribution in [3.8, 4) is 0 Å². The van der Waals surface area contributed by atoms with Gasteiger partial charge >= 0.3 is 0 Å². The Morgan fingerprint density at radius 2 is 2.23 bits per heavy atom. The van der Waals surface area contributed by atoms with Crippen LogP contribution in [0.1, 0.15) is 12.5 Å². The molecule has 1 atom stereocenters. The molecule has 0 radical (unpaired) electrons. The van der Waals surface area contributed by atoms with Crippen LogP contribution in [0.15, 0.2) is 24.3 Å². The van der Waals surface area contributed by atoms with Crippen molar-refractivity contribution in [2.75, 3.05) is 11.6 Å². The maximum absolute atomic E-state index is 5.98. The molecule has 0 fully saturated rings. The summed E-state index contributed by atoms with van der Waals surface area (Å²) in [5, 5.41) is 5.20. The van der Waals surface area contributed by atoms with E-state index in [0.29, 0.717) is 6.04 Å². The Morgan fingerprint density at radius 3 is 3.08 bits per heavy atom. The zero-order valence-corrected chi connectivity index (χ0v) is 7.83. The molecule has 3 N–H and O–H groups in total. The zero-order chi connectivity index (χ0) is 9.26. The van der Waals surface area contributed by atoms with E-state index >= 15 is 0 Å². The smallest absolute Gasteiger partial charge is 0.0565 e. The molecule has 2 rings (SSSR count). The molecule has 1 aromatic rings. The predicted octanol–water partition coefficient (Wildman–Crippen LogP) is 0.858. The lowest BCUT2D eigenvalue weighted by Crippen LogP contribution is -2.43. The van der Waals surface area contributed by atoms with Gasteiger partial charge in [0.1, 0.15) is 0 Å². The molecule has 3 heteroatoms. The van der Waals surface area contributed by atoms with Gasteiger partial charge in [-0.1, -0.05) is 18.2 Å². The molecule has 3 nitrogen and oxygen atoms in total. The number of nitrogens with zero attached hydrogens (tertiary/aromatic N) is 1. The molecule has 70 valence electrons. The molecule has 0 aromatic heterocycles. The van der Waals surface area contributed by atoms with E-state index in [1.165, 1.54) is 5.56 Å². The molecule has 0 saturated heterocycles. The summed E-state index contributed by atoms with van der Waals surface area (Å²) in [6, 6.07) is 8.60. The van der Waals surface area contributed by atoms with Crippen LogP contribution in [-0.2, 0) is 6.54 Å². The average Bonchev–Trinajstić information content (AvgIpc) is 2.29. The third kappa shape index (κ3) is 1.53. The Hall–Kier alpha value is -1.06. The Morgan fingerprint density at radius 1 is 1.46 bits per heavy atom. The molecule has 0 bridgehead atoms. The van der Waals surface area contributed by atoms with E-state index in [0.717, 1.165) is 18.8 Å². The van der Waals surface area contributed by atoms with Crippen molar-refractivity contribution in [3.63, 3.8) is 0 Å². The monoisotopic (exact) mass is 177 g/mol. The summed E-state index contributed by atoms with van der Waals surface area (Å²) in [6.07, 6.45) is 0. The van der Waals surface area contributed by atoms with Crippen LogP contribution in [0.5, 0.6) is 0 Å². The van der Waals surface area contributed by atoms with Gasteiger partial charge in [0.15, 0.2) is 0 Å². The number of nitrogens with two attached hydrogens (primary N) is 1. The highest BCUT2D eigenvalue weighted by atomic mass is 15.4. The van der Waals surface area contributed by atoms with E-state index in [2.05, 4.69) is 24.4 Å². The van der Waals surface area contributed by atoms with E-state index in [-0.39, 0.29) is 0 Å². The molecule has 1 heterocycles. The number of nitrogens with one attached hydrogen (secondary N) is 1. The molecule has 1 unspecified atom stereocenters. The minimum absolute atomic E-state index is 0.351. The molecule has 13 heavy (non-hydrogen) atoms. The highest BCUT2D eigenvalue weighted by Gasteiger charge is 2.16. The first-order chi connectivity index (χ1) is 6.29. The third-order valence-electron chi connectivity index (χ3n) is 2.50. The van der Waals surface area contributed by atoms with Crippen LogP contribution in [0.4, 0.5) is 5.69 Å². The van der Waals surface area contributed by atoms with Gasteiger partial charge in [0.25, 0.3) is 0 Å². The summed E-state index contributed by atoms with van der Waals surface area (Å²) in [4.78, 5) is 0. The second-order valence-electron chi connectivity index (χ2n) is 3.52. The van der Waals surface area contributed by atoms with Crippen molar-refractivity contribution in [2.24, 2.45) is 5.84 Å². The average molecular weight is 177 g/mol. The van der Waals surface area contributed by atoms with Crippen LogP contribution in [0, 0.1) is 0 Å². The van der Waals surface area contributed by atoms with Crippen LogP contribution in [0.2, 0.25) is 0 Å². The maximum Gasteiger partial charge on any atom is 0.0565 e. The first kappa shape index (κ1) is 8.53. The standard InChI is InChI=1S/C10H15N3/c1-8-6-12-7-9-4-2-3-5-10(9)13(8)11/h2-5,8,12H,6-7,11H2,1H3. The molecule has 1 aliphatic heterocycles. The molecule has 0 aliphatic carbocycles. The lowest BCUT2D eigenvalue weighted by molar-refractivity contribution is 0.592. The van der Waals surface area contributed by atoms with Crippen molar-refractivity contribution in [1.82, 2.24) is 5.32 Å². The summed E-state index contributed by atoms with van der Waals surface area (Å²) in [5.41, 5.74) is 2.41. The van der Waals surface area contributed by atoms with Crippen LogP contribution in [0.3, 0.4) is 0 Å². The van der Waals surface area contributed by atoms with E-state index in [4.69, 9.17) is 5.84 Å². The van der Waals surface area contributed by atoms with Gasteiger partial charge in [0.05, 0.1) is 11.7 Å². The van der Waals surface area contributed by atoms with Crippen molar-refractivity contribution in [3.05, 3.63) is 29.8 Å². The normalized spacial score (nSPS) is 22.3. The number of hydrogen-bond acceptors (Lipinski definition) is 3. The van der Waals surface area contributed by atoms with Crippen molar-refractivity contribution in [2.45, 2.75) is 19.5 Å². The Labute approximate surface area is 78.5 Å². The maximum atomic E-state index is 5.98. The van der Waals surface area contributed by atoms with Crippen LogP contribution >= 0.6 is 0 Å². The van der Waals surface area contributed by atoms with Gasteiger partial charge in [-0.05, 0) is 18.6 Å². The molecule has 1 aromatic carbocycles. The van der Waals surface area contributed by atoms with Crippen molar-refractivity contribution in [1.29, 1.82) is 0 Å². The number of anilines is 1. The lowest BCUT2D eigenvalue weighted by Gasteiger charge is -2.24. The molecular weight excluding hydrogens is 162 g/mol. The highest BCUT2D eigenvalue weighted by molar-refractivity contribution is 5.53. The van der Waals surface area contributed by atoms with E-state index in [1.807, 2.05) is 17.1 Å². The summed E-state index contributed by atoms with van der Waals surface area (Å²) in [7, 11) is 0. The van der Waals surface area contributed by atoms with E-state index in [1.54, 1.807) is 0 Å². The number of fused-ring (bicyclic) bond motifs is 1. The fourth-order valence-electron chi connectivity index (χ4n) is 1.66. The number of hydrazine groups is 1. The van der Waals surface area contributed by atoms with E-state index < -0.39 is 0 Å². The SMILES string of the molecule is CC1CNCc2ccccc2N1N. The van der Waals surface area contributed by atoms with Gasteiger partial charge in [0.2, 0.25) is 0 Å². The summed E-state index contributed by atoms with van der Waals surface area (Å²) in [5.74, 6) is 5.98. The number of hydrogen-bond donors (Lipinski definition) is 2. The van der Waals surface area contributed by atoms with Crippen LogP contribution in [0.25, 0.3) is 0 Å². The second kappa shape index (κ2) is 3.36. The first-order valence-electron chi connectivity index (χ1n) is 4.61. The molecule has 0 spiro atoms. The predicted molar refractivity (Wildman–Crippen MR) is 54.3 cm³/mol. The molecular formula is C10H15N3. The quantitative estimate of drug-likeness (QED) is 0.577. The van der Waals surface area contributed by atoms with Crippen LogP contribution in [-0.4, -0.2) is 12.6 Å². The first-order valence-corrected chi connectivity index (χ1v) is 4.61. The van der Waals surface area contributed by atoms with E-state index in [9.17, 15) is 0 Å². The minimum atomic E-state index is 0.351. The Kier molecular flexibility index (Phi) is 2.20. The molecule has 0 amide bonds. The minimum Gasteiger partial charge on any atom is -0.310 e. The Bertz CT molecular complexity index is 298. The number of para-hydroxylation sites is 1. The molecule has 0 saturated carbocycles. The Balaban J connectivity index is 2.40. The fourth-order valence-corrected chi connectivity index (χ4v) is 1.66. The van der Waals surface area contributed by atoms with Gasteiger partial charge < -0.3 is 10.3 Å². The topological polar surface area (TPSA) is 41.3 Å². The highest BCUT2D eigenvalue weighted by Crippen LogP contribution is 2.21. The summed E-state index contributed by atoms with van der Waals surface area (Å²) >= 11 is 0. The number of rotatable bonds is 0. The van der Waals surface area contributed by atoms with Gasteiger partial charge in [-0.15, -0.1) is 0 Å². The fraction of sp³-hybridized carbons (Fsp3) is 0.400. The zero-order valence-electron chi connectivity index (χ0n) is 7.83. The van der Waals surface area contributed by atoms with Gasteiger partial charge in [-0.25, -0.2) is 5.84 Å². The lowest BCUT2D eigenvalue weighted by atomic mass is 10.1. The van der Waals surface area contributed by atoms with Gasteiger partial charge in [0, 0.05) is 13.1 Å². The van der Waals surface area contributed by atoms with Gasteiger partial charge in [-0.3, -0.25) is 0 Å². The van der Waals surface area contributed by atoms with Gasteiger partial charge in [-0.2, -0.15) is 0 Å². The molecule has 1 aliphatic rings. The summed E-state index contributed by atoms with van der Waals surface area (Å²) in [6.45, 7) is 3.97.